The summed E-state index contributed by atoms with van der Waals surface area (Å²) >= 11 is 5.18. The number of nitrogens with zero attached hydrogens (tertiary/aromatic N) is 1. The van der Waals surface area contributed by atoms with Crippen LogP contribution in [0, 0.1) is 0 Å². The van der Waals surface area contributed by atoms with E-state index in [1.807, 2.05) is 0 Å². The highest BCUT2D eigenvalue weighted by Crippen LogP contribution is 2.18. The fourth-order valence-corrected chi connectivity index (χ4v) is 0.443. The molecule has 0 unspecified atom stereocenters. The van der Waals surface area contributed by atoms with Gasteiger partial charge in [-0.05, 0) is 12.2 Å². The molecule has 0 aliphatic heterocycles. The summed E-state index contributed by atoms with van der Waals surface area (Å²) in [6, 6.07) is 0. The minimum atomic E-state index is -4.56. The van der Waals surface area contributed by atoms with Crippen molar-refractivity contribution in [2.24, 2.45) is 10.9 Å². The largest absolute Gasteiger partial charge is 0.435 e. The van der Waals surface area contributed by atoms with E-state index in [-0.39, 0.29) is 5.03 Å². The molecule has 68 valence electrons. The van der Waals surface area contributed by atoms with Crippen molar-refractivity contribution in [3.63, 3.8) is 0 Å². The van der Waals surface area contributed by atoms with Crippen LogP contribution in [0.25, 0.3) is 0 Å². The van der Waals surface area contributed by atoms with E-state index >= 15 is 0 Å². The van der Waals surface area contributed by atoms with E-state index in [0.29, 0.717) is 6.08 Å². The third kappa shape index (κ3) is 4.02. The van der Waals surface area contributed by atoms with E-state index in [2.05, 4.69) is 17.5 Å². The van der Waals surface area contributed by atoms with Crippen LogP contribution in [0.4, 0.5) is 13.2 Å². The van der Waals surface area contributed by atoms with E-state index in [1.165, 1.54) is 0 Å². The minimum absolute atomic E-state index is 0.0274. The molecule has 2 N–H and O–H groups in total. The van der Waals surface area contributed by atoms with Gasteiger partial charge in [0.1, 0.15) is 0 Å². The summed E-state index contributed by atoms with van der Waals surface area (Å²) in [6.45, 7) is 3.16. The lowest BCUT2D eigenvalue weighted by molar-refractivity contribution is -0.0578. The van der Waals surface area contributed by atoms with Gasteiger partial charge < -0.3 is 5.84 Å². The molecule has 0 rings (SSSR count). The van der Waals surface area contributed by atoms with E-state index in [9.17, 15) is 13.2 Å². The van der Waals surface area contributed by atoms with Crippen molar-refractivity contribution in [2.45, 2.75) is 6.18 Å². The van der Waals surface area contributed by atoms with Crippen LogP contribution in [0.15, 0.2) is 28.9 Å². The number of hydrogen-bond donors (Lipinski definition) is 1. The molecule has 0 bridgehead atoms. The van der Waals surface area contributed by atoms with Crippen LogP contribution < -0.4 is 5.84 Å². The van der Waals surface area contributed by atoms with Crippen molar-refractivity contribution in [1.82, 2.24) is 0 Å². The van der Waals surface area contributed by atoms with Crippen LogP contribution in [-0.4, -0.2) is 11.9 Å². The quantitative estimate of drug-likeness (QED) is 0.314. The van der Waals surface area contributed by atoms with Gasteiger partial charge in [0.25, 0.3) is 0 Å². The molecule has 0 amide bonds. The van der Waals surface area contributed by atoms with Crippen molar-refractivity contribution in [1.29, 1.82) is 0 Å². The molecule has 6 heteroatoms. The van der Waals surface area contributed by atoms with Crippen LogP contribution >= 0.6 is 11.6 Å². The van der Waals surface area contributed by atoms with Gasteiger partial charge in [-0.2, -0.15) is 18.3 Å². The Morgan fingerprint density at radius 3 is 2.17 bits per heavy atom. The van der Waals surface area contributed by atoms with E-state index in [1.54, 1.807) is 0 Å². The number of allylic oxidation sites excluding steroid dienone is 3. The van der Waals surface area contributed by atoms with Crippen LogP contribution in [0.5, 0.6) is 0 Å². The summed E-state index contributed by atoms with van der Waals surface area (Å²) in [5, 5.41) is 2.51. The highest BCUT2D eigenvalue weighted by Gasteiger charge is 2.33. The third-order valence-electron chi connectivity index (χ3n) is 0.852. The minimum Gasteiger partial charge on any atom is -0.323 e. The van der Waals surface area contributed by atoms with Crippen molar-refractivity contribution in [3.8, 4) is 0 Å². The average Bonchev–Trinajstić information content (AvgIpc) is 1.85. The van der Waals surface area contributed by atoms with Crippen molar-refractivity contribution in [3.05, 3.63) is 23.8 Å². The maximum absolute atomic E-state index is 11.8. The molecule has 0 aliphatic rings. The first-order chi connectivity index (χ1) is 5.38. The predicted molar refractivity (Wildman–Crippen MR) is 41.8 cm³/mol. The Morgan fingerprint density at radius 1 is 1.42 bits per heavy atom. The Hall–Kier alpha value is -0.970. The molecule has 0 aromatic rings. The molecule has 0 aromatic carbocycles. The summed E-state index contributed by atoms with van der Waals surface area (Å²) in [4.78, 5) is 0. The molecule has 0 radical (unpaired) electrons. The number of nitrogens with two attached hydrogens (primary N) is 1. The summed E-state index contributed by atoms with van der Waals surface area (Å²) in [7, 11) is 0. The second kappa shape index (κ2) is 4.15. The zero-order valence-electron chi connectivity index (χ0n) is 5.90. The third-order valence-corrected chi connectivity index (χ3v) is 0.978. The fourth-order valence-electron chi connectivity index (χ4n) is 0.380. The van der Waals surface area contributed by atoms with Gasteiger partial charge in [0, 0.05) is 5.03 Å². The number of alkyl halides is 3. The monoisotopic (exact) mass is 198 g/mol. The fraction of sp³-hybridized carbons (Fsp3) is 0.167. The molecule has 0 saturated heterocycles. The van der Waals surface area contributed by atoms with Crippen LogP contribution in [-0.2, 0) is 0 Å². The highest BCUT2D eigenvalue weighted by molar-refractivity contribution is 6.31. The summed E-state index contributed by atoms with van der Waals surface area (Å²) in [5.41, 5.74) is -1.20. The lowest BCUT2D eigenvalue weighted by atomic mass is 10.3. The molecule has 0 saturated carbocycles. The molecule has 12 heavy (non-hydrogen) atoms. The first-order valence-corrected chi connectivity index (χ1v) is 3.13. The van der Waals surface area contributed by atoms with E-state index in [4.69, 9.17) is 11.6 Å². The Labute approximate surface area is 72.2 Å². The highest BCUT2D eigenvalue weighted by atomic mass is 35.5. The number of hydrogen-bond acceptors (Lipinski definition) is 2. The average molecular weight is 199 g/mol. The molecule has 0 aromatic heterocycles. The summed E-state index contributed by atoms with van der Waals surface area (Å²) in [6.07, 6.45) is -2.95. The number of halogens is 4. The van der Waals surface area contributed by atoms with Crippen LogP contribution in [0.2, 0.25) is 0 Å². The maximum atomic E-state index is 11.8. The van der Waals surface area contributed by atoms with Crippen molar-refractivity contribution < 1.29 is 13.2 Å². The van der Waals surface area contributed by atoms with Gasteiger partial charge in [0.05, 0.1) is 0 Å². The van der Waals surface area contributed by atoms with Gasteiger partial charge in [-0.3, -0.25) is 0 Å². The topological polar surface area (TPSA) is 38.4 Å². The van der Waals surface area contributed by atoms with Gasteiger partial charge in [-0.1, -0.05) is 18.2 Å². The lowest BCUT2D eigenvalue weighted by Crippen LogP contribution is -2.22. The number of hydrazone groups is 1. The summed E-state index contributed by atoms with van der Waals surface area (Å²) < 4.78 is 35.5. The second-order valence-corrected chi connectivity index (χ2v) is 2.28. The first kappa shape index (κ1) is 11.0. The summed E-state index contributed by atoms with van der Waals surface area (Å²) in [5.74, 6) is 4.49. The molecule has 0 spiro atoms. The van der Waals surface area contributed by atoms with Gasteiger partial charge in [-0.25, -0.2) is 0 Å². The Kier molecular flexibility index (Phi) is 3.82. The van der Waals surface area contributed by atoms with Gasteiger partial charge >= 0.3 is 6.18 Å². The molecule has 0 fully saturated rings. The smallest absolute Gasteiger partial charge is 0.323 e. The van der Waals surface area contributed by atoms with Gasteiger partial charge in [0.15, 0.2) is 5.71 Å². The predicted octanol–water partition coefficient (Wildman–Crippen LogP) is 2.17. The molecule has 0 heterocycles. The molecule has 0 atom stereocenters. The standard InChI is InChI=1S/C6H6ClF3N2/c1-4(7)2-3-5(12-11)6(8,9)10/h2-3H,1,11H2/b3-2-,12-5+. The molecular formula is C6H6ClF3N2. The number of rotatable bonds is 2. The van der Waals surface area contributed by atoms with Crippen molar-refractivity contribution in [2.75, 3.05) is 0 Å². The molecule has 2 nitrogen and oxygen atoms in total. The lowest BCUT2D eigenvalue weighted by Gasteiger charge is -2.03. The van der Waals surface area contributed by atoms with Gasteiger partial charge in [-0.15, -0.1) is 0 Å². The van der Waals surface area contributed by atoms with Gasteiger partial charge in [0.2, 0.25) is 0 Å². The normalized spacial score (nSPS) is 13.8. The SMILES string of the molecule is C=C(Cl)/C=C\C(=N/N)C(F)(F)F. The zero-order chi connectivity index (χ0) is 9.78. The van der Waals surface area contributed by atoms with E-state index in [0.717, 1.165) is 6.08 Å². The maximum Gasteiger partial charge on any atom is 0.435 e. The zero-order valence-corrected chi connectivity index (χ0v) is 6.65. The van der Waals surface area contributed by atoms with E-state index < -0.39 is 11.9 Å². The molecular weight excluding hydrogens is 193 g/mol. The Morgan fingerprint density at radius 2 is 1.92 bits per heavy atom. The molecule has 0 aliphatic carbocycles. The van der Waals surface area contributed by atoms with Crippen LogP contribution in [0.3, 0.4) is 0 Å². The van der Waals surface area contributed by atoms with Crippen molar-refractivity contribution >= 4 is 17.3 Å². The Bertz CT molecular complexity index is 229. The van der Waals surface area contributed by atoms with Crippen LogP contribution in [0.1, 0.15) is 0 Å². The second-order valence-electron chi connectivity index (χ2n) is 1.79. The Balaban J connectivity index is 4.53. The first-order valence-electron chi connectivity index (χ1n) is 2.75.